The van der Waals surface area contributed by atoms with Crippen molar-refractivity contribution in [2.45, 2.75) is 12.5 Å². The molecule has 0 amide bonds. The number of ether oxygens (including phenoxy) is 1. The summed E-state index contributed by atoms with van der Waals surface area (Å²) in [5.74, 6) is 2.11. The van der Waals surface area contributed by atoms with Crippen molar-refractivity contribution in [1.82, 2.24) is 9.97 Å². The summed E-state index contributed by atoms with van der Waals surface area (Å²) in [5, 5.41) is 0. The summed E-state index contributed by atoms with van der Waals surface area (Å²) in [6.45, 7) is 0.343. The molecule has 0 bridgehead atoms. The van der Waals surface area contributed by atoms with Crippen LogP contribution in [0.3, 0.4) is 0 Å². The van der Waals surface area contributed by atoms with Crippen LogP contribution < -0.4 is 10.5 Å². The highest BCUT2D eigenvalue weighted by Crippen LogP contribution is 2.41. The van der Waals surface area contributed by atoms with E-state index in [2.05, 4.69) is 9.97 Å². The lowest BCUT2D eigenvalue weighted by Gasteiger charge is -2.09. The summed E-state index contributed by atoms with van der Waals surface area (Å²) in [5.41, 5.74) is 8.78. The van der Waals surface area contributed by atoms with E-state index in [1.165, 1.54) is 6.07 Å². The molecule has 1 aliphatic rings. The molecule has 2 aromatic carbocycles. The monoisotopic (exact) mass is 349 g/mol. The summed E-state index contributed by atoms with van der Waals surface area (Å²) < 4.78 is 25.9. The molecule has 3 N–H and O–H groups in total. The van der Waals surface area contributed by atoms with Gasteiger partial charge in [0.15, 0.2) is 11.6 Å². The van der Waals surface area contributed by atoms with Crippen LogP contribution in [0.15, 0.2) is 52.9 Å². The third-order valence-electron chi connectivity index (χ3n) is 4.68. The van der Waals surface area contributed by atoms with E-state index in [4.69, 9.17) is 14.9 Å². The van der Waals surface area contributed by atoms with Crippen LogP contribution in [-0.2, 0) is 6.42 Å². The SMILES string of the molecule is NCC1Cc2c(F)ccc(-c3ccc(-c4nc5ccccc5[nH]4)o3)c2O1. The predicted octanol–water partition coefficient (Wildman–Crippen LogP) is 3.89. The molecule has 0 fully saturated rings. The van der Waals surface area contributed by atoms with Gasteiger partial charge < -0.3 is 19.9 Å². The van der Waals surface area contributed by atoms with Crippen LogP contribution in [0.4, 0.5) is 4.39 Å². The van der Waals surface area contributed by atoms with E-state index in [0.717, 1.165) is 16.6 Å². The molecule has 5 rings (SSSR count). The average molecular weight is 349 g/mol. The quantitative estimate of drug-likeness (QED) is 0.588. The molecule has 6 heteroatoms. The molecule has 0 saturated carbocycles. The Morgan fingerprint density at radius 1 is 1.12 bits per heavy atom. The first kappa shape index (κ1) is 15.2. The number of hydrogen-bond acceptors (Lipinski definition) is 4. The summed E-state index contributed by atoms with van der Waals surface area (Å²) >= 11 is 0. The highest BCUT2D eigenvalue weighted by atomic mass is 19.1. The molecule has 3 heterocycles. The van der Waals surface area contributed by atoms with Crippen molar-refractivity contribution < 1.29 is 13.5 Å². The standard InChI is InChI=1S/C20H16FN3O2/c21-14-6-5-12(19-13(14)9-11(10-22)25-19)17-7-8-18(26-17)20-23-15-3-1-2-4-16(15)24-20/h1-8,11H,9-10,22H2,(H,23,24). The maximum atomic E-state index is 14.1. The minimum atomic E-state index is -0.274. The fourth-order valence-electron chi connectivity index (χ4n) is 3.37. The van der Waals surface area contributed by atoms with Crippen LogP contribution in [0.25, 0.3) is 33.9 Å². The zero-order chi connectivity index (χ0) is 17.7. The molecule has 5 nitrogen and oxygen atoms in total. The first-order valence-electron chi connectivity index (χ1n) is 8.46. The van der Waals surface area contributed by atoms with Gasteiger partial charge in [-0.2, -0.15) is 0 Å². The molecule has 1 aliphatic heterocycles. The summed E-state index contributed by atoms with van der Waals surface area (Å²) in [6, 6.07) is 14.6. The van der Waals surface area contributed by atoms with Crippen LogP contribution in [0.5, 0.6) is 5.75 Å². The van der Waals surface area contributed by atoms with Crippen LogP contribution in [0.1, 0.15) is 5.56 Å². The van der Waals surface area contributed by atoms with Crippen molar-refractivity contribution in [3.63, 3.8) is 0 Å². The molecule has 1 atom stereocenters. The molecule has 4 aromatic rings. The number of aromatic amines is 1. The topological polar surface area (TPSA) is 77.1 Å². The number of benzene rings is 2. The summed E-state index contributed by atoms with van der Waals surface area (Å²) in [6.07, 6.45) is 0.272. The molecular weight excluding hydrogens is 333 g/mol. The van der Waals surface area contributed by atoms with Gasteiger partial charge in [0.05, 0.1) is 16.6 Å². The van der Waals surface area contributed by atoms with E-state index >= 15 is 0 Å². The second-order valence-electron chi connectivity index (χ2n) is 6.35. The molecule has 0 radical (unpaired) electrons. The minimum Gasteiger partial charge on any atom is -0.488 e. The van der Waals surface area contributed by atoms with Crippen LogP contribution >= 0.6 is 0 Å². The van der Waals surface area contributed by atoms with Gasteiger partial charge in [0.25, 0.3) is 0 Å². The van der Waals surface area contributed by atoms with Crippen molar-refractivity contribution in [1.29, 1.82) is 0 Å². The number of imidazole rings is 1. The molecule has 2 aromatic heterocycles. The fraction of sp³-hybridized carbons (Fsp3) is 0.150. The Morgan fingerprint density at radius 2 is 1.96 bits per heavy atom. The van der Waals surface area contributed by atoms with Gasteiger partial charge >= 0.3 is 0 Å². The van der Waals surface area contributed by atoms with Gasteiger partial charge in [0.1, 0.15) is 23.4 Å². The number of nitrogens with zero attached hydrogens (tertiary/aromatic N) is 1. The van der Waals surface area contributed by atoms with E-state index in [1.54, 1.807) is 6.07 Å². The number of H-pyrrole nitrogens is 1. The van der Waals surface area contributed by atoms with Crippen molar-refractivity contribution in [3.8, 4) is 28.7 Å². The predicted molar refractivity (Wildman–Crippen MR) is 96.4 cm³/mol. The lowest BCUT2D eigenvalue weighted by atomic mass is 10.0. The van der Waals surface area contributed by atoms with E-state index in [0.29, 0.717) is 41.6 Å². The number of halogens is 1. The molecule has 0 saturated heterocycles. The summed E-state index contributed by atoms with van der Waals surface area (Å²) in [7, 11) is 0. The number of nitrogens with two attached hydrogens (primary N) is 1. The maximum Gasteiger partial charge on any atom is 0.174 e. The molecule has 26 heavy (non-hydrogen) atoms. The van der Waals surface area contributed by atoms with Crippen molar-refractivity contribution in [2.24, 2.45) is 5.73 Å². The molecule has 0 spiro atoms. The van der Waals surface area contributed by atoms with Crippen molar-refractivity contribution in [3.05, 3.63) is 59.9 Å². The first-order chi connectivity index (χ1) is 12.7. The number of aromatic nitrogens is 2. The zero-order valence-corrected chi connectivity index (χ0v) is 13.8. The first-order valence-corrected chi connectivity index (χ1v) is 8.46. The Bertz CT molecular complexity index is 1080. The van der Waals surface area contributed by atoms with Gasteiger partial charge in [-0.15, -0.1) is 0 Å². The number of rotatable bonds is 3. The largest absolute Gasteiger partial charge is 0.488 e. The zero-order valence-electron chi connectivity index (χ0n) is 13.8. The average Bonchev–Trinajstić information content (AvgIpc) is 3.38. The Hall–Kier alpha value is -3.12. The number of hydrogen-bond donors (Lipinski definition) is 2. The van der Waals surface area contributed by atoms with Gasteiger partial charge in [0, 0.05) is 18.5 Å². The van der Waals surface area contributed by atoms with E-state index in [-0.39, 0.29) is 11.9 Å². The molecule has 0 aliphatic carbocycles. The van der Waals surface area contributed by atoms with Crippen LogP contribution in [0.2, 0.25) is 0 Å². The number of para-hydroxylation sites is 2. The number of fused-ring (bicyclic) bond motifs is 2. The molecule has 1 unspecified atom stereocenters. The number of furan rings is 1. The molecular formula is C20H16FN3O2. The third-order valence-corrected chi connectivity index (χ3v) is 4.68. The Balaban J connectivity index is 1.56. The second kappa shape index (κ2) is 5.71. The normalized spacial score (nSPS) is 16.0. The van der Waals surface area contributed by atoms with Gasteiger partial charge in [-0.05, 0) is 36.4 Å². The van der Waals surface area contributed by atoms with Gasteiger partial charge in [0.2, 0.25) is 0 Å². The second-order valence-corrected chi connectivity index (χ2v) is 6.35. The lowest BCUT2D eigenvalue weighted by Crippen LogP contribution is -2.24. The van der Waals surface area contributed by atoms with Crippen molar-refractivity contribution in [2.75, 3.05) is 6.54 Å². The van der Waals surface area contributed by atoms with E-state index < -0.39 is 0 Å². The smallest absolute Gasteiger partial charge is 0.174 e. The number of nitrogens with one attached hydrogen (secondary N) is 1. The van der Waals surface area contributed by atoms with Gasteiger partial charge in [-0.1, -0.05) is 12.1 Å². The molecule has 130 valence electrons. The highest BCUT2D eigenvalue weighted by molar-refractivity contribution is 5.79. The van der Waals surface area contributed by atoms with Crippen LogP contribution in [0, 0.1) is 5.82 Å². The Morgan fingerprint density at radius 3 is 2.81 bits per heavy atom. The van der Waals surface area contributed by atoms with Crippen molar-refractivity contribution >= 4 is 11.0 Å². The van der Waals surface area contributed by atoms with Crippen LogP contribution in [-0.4, -0.2) is 22.6 Å². The highest BCUT2D eigenvalue weighted by Gasteiger charge is 2.29. The Kier molecular flexibility index (Phi) is 3.33. The van der Waals surface area contributed by atoms with E-state index in [9.17, 15) is 4.39 Å². The fourth-order valence-corrected chi connectivity index (χ4v) is 3.37. The van der Waals surface area contributed by atoms with Gasteiger partial charge in [-0.25, -0.2) is 9.37 Å². The minimum absolute atomic E-state index is 0.203. The van der Waals surface area contributed by atoms with E-state index in [1.807, 2.05) is 36.4 Å². The van der Waals surface area contributed by atoms with Gasteiger partial charge in [-0.3, -0.25) is 0 Å². The Labute approximate surface area is 148 Å². The summed E-state index contributed by atoms with van der Waals surface area (Å²) in [4.78, 5) is 7.79. The maximum absolute atomic E-state index is 14.1. The lowest BCUT2D eigenvalue weighted by molar-refractivity contribution is 0.242. The third kappa shape index (κ3) is 2.30.